The second kappa shape index (κ2) is 6.12. The molecule has 0 saturated heterocycles. The Morgan fingerprint density at radius 1 is 1.16 bits per heavy atom. The van der Waals surface area contributed by atoms with Crippen molar-refractivity contribution in [3.05, 3.63) is 17.7 Å². The minimum absolute atomic E-state index is 0.0308. The van der Waals surface area contributed by atoms with Gasteiger partial charge in [0, 0.05) is 24.7 Å². The summed E-state index contributed by atoms with van der Waals surface area (Å²) in [5.41, 5.74) is 6.85. The lowest BCUT2D eigenvalue weighted by Crippen LogP contribution is -2.30. The zero-order valence-electron chi connectivity index (χ0n) is 11.7. The van der Waals surface area contributed by atoms with Crippen LogP contribution in [0.1, 0.15) is 24.4 Å². The third-order valence-corrected chi connectivity index (χ3v) is 3.35. The van der Waals surface area contributed by atoms with Crippen molar-refractivity contribution in [3.8, 4) is 17.2 Å². The number of rotatable bonds is 7. The van der Waals surface area contributed by atoms with Crippen molar-refractivity contribution in [2.45, 2.75) is 24.9 Å². The Bertz CT molecular complexity index is 408. The molecule has 0 radical (unpaired) electrons. The topological polar surface area (TPSA) is 65.7 Å². The molecule has 0 amide bonds. The lowest BCUT2D eigenvalue weighted by Gasteiger charge is -2.23. The standard InChI is InChI=1S/C14H22N2O3/c1-17-10-6-12(18-2)14(13(7-10)19-3)11(8-15)16-9-4-5-9/h6-7,9,11,16H,4-5,8,15H2,1-3H3. The molecule has 1 aliphatic carbocycles. The highest BCUT2D eigenvalue weighted by Crippen LogP contribution is 2.39. The van der Waals surface area contributed by atoms with Crippen molar-refractivity contribution in [1.29, 1.82) is 0 Å². The van der Waals surface area contributed by atoms with Gasteiger partial charge in [-0.25, -0.2) is 0 Å². The van der Waals surface area contributed by atoms with Crippen molar-refractivity contribution >= 4 is 0 Å². The summed E-state index contributed by atoms with van der Waals surface area (Å²) in [6.07, 6.45) is 2.41. The Balaban J connectivity index is 2.38. The molecule has 1 unspecified atom stereocenters. The van der Waals surface area contributed by atoms with Gasteiger partial charge >= 0.3 is 0 Å². The fraction of sp³-hybridized carbons (Fsp3) is 0.571. The molecule has 3 N–H and O–H groups in total. The highest BCUT2D eigenvalue weighted by atomic mass is 16.5. The molecule has 5 heteroatoms. The van der Waals surface area contributed by atoms with Gasteiger partial charge in [-0.3, -0.25) is 0 Å². The SMILES string of the molecule is COc1cc(OC)c(C(CN)NC2CC2)c(OC)c1. The summed E-state index contributed by atoms with van der Waals surface area (Å²) in [5.74, 6) is 2.18. The van der Waals surface area contributed by atoms with E-state index in [2.05, 4.69) is 5.32 Å². The van der Waals surface area contributed by atoms with Crippen LogP contribution in [-0.4, -0.2) is 33.9 Å². The van der Waals surface area contributed by atoms with Gasteiger partial charge < -0.3 is 25.3 Å². The van der Waals surface area contributed by atoms with E-state index in [0.29, 0.717) is 18.3 Å². The molecule has 1 aromatic carbocycles. The van der Waals surface area contributed by atoms with Gasteiger partial charge in [-0.05, 0) is 12.8 Å². The monoisotopic (exact) mass is 266 g/mol. The van der Waals surface area contributed by atoms with E-state index >= 15 is 0 Å². The van der Waals surface area contributed by atoms with Crippen molar-refractivity contribution in [1.82, 2.24) is 5.32 Å². The quantitative estimate of drug-likeness (QED) is 0.782. The van der Waals surface area contributed by atoms with Gasteiger partial charge in [0.1, 0.15) is 17.2 Å². The maximum absolute atomic E-state index is 5.89. The summed E-state index contributed by atoms with van der Waals surface area (Å²) in [7, 11) is 4.90. The number of ether oxygens (including phenoxy) is 3. The van der Waals surface area contributed by atoms with Gasteiger partial charge in [0.25, 0.3) is 0 Å². The molecule has 1 saturated carbocycles. The van der Waals surface area contributed by atoms with Crippen LogP contribution in [0.15, 0.2) is 12.1 Å². The van der Waals surface area contributed by atoms with Crippen LogP contribution >= 0.6 is 0 Å². The predicted molar refractivity (Wildman–Crippen MR) is 74.1 cm³/mol. The van der Waals surface area contributed by atoms with Gasteiger partial charge in [0.2, 0.25) is 0 Å². The van der Waals surface area contributed by atoms with Crippen LogP contribution in [0.3, 0.4) is 0 Å². The van der Waals surface area contributed by atoms with Crippen molar-refractivity contribution in [3.63, 3.8) is 0 Å². The molecule has 0 aliphatic heterocycles. The third kappa shape index (κ3) is 3.11. The summed E-state index contributed by atoms with van der Waals surface area (Å²) >= 11 is 0. The van der Waals surface area contributed by atoms with E-state index in [4.69, 9.17) is 19.9 Å². The van der Waals surface area contributed by atoms with E-state index in [1.165, 1.54) is 12.8 Å². The average molecular weight is 266 g/mol. The maximum atomic E-state index is 5.89. The molecule has 0 spiro atoms. The van der Waals surface area contributed by atoms with Crippen LogP contribution in [-0.2, 0) is 0 Å². The fourth-order valence-corrected chi connectivity index (χ4v) is 2.18. The minimum atomic E-state index is 0.0308. The van der Waals surface area contributed by atoms with Gasteiger partial charge in [0.05, 0.1) is 32.9 Å². The largest absolute Gasteiger partial charge is 0.496 e. The molecule has 5 nitrogen and oxygen atoms in total. The third-order valence-electron chi connectivity index (χ3n) is 3.35. The second-order valence-corrected chi connectivity index (χ2v) is 4.67. The number of hydrogen-bond donors (Lipinski definition) is 2. The summed E-state index contributed by atoms with van der Waals surface area (Å²) in [5, 5.41) is 3.52. The highest BCUT2D eigenvalue weighted by molar-refractivity contribution is 5.52. The lowest BCUT2D eigenvalue weighted by atomic mass is 10.0. The van der Waals surface area contributed by atoms with Crippen LogP contribution in [0.5, 0.6) is 17.2 Å². The average Bonchev–Trinajstić information content (AvgIpc) is 3.27. The van der Waals surface area contributed by atoms with Crippen LogP contribution in [0.25, 0.3) is 0 Å². The molecular formula is C14H22N2O3. The van der Waals surface area contributed by atoms with Gasteiger partial charge in [-0.1, -0.05) is 0 Å². The Morgan fingerprint density at radius 2 is 1.74 bits per heavy atom. The first kappa shape index (κ1) is 14.0. The Hall–Kier alpha value is -1.46. The van der Waals surface area contributed by atoms with E-state index < -0.39 is 0 Å². The first-order chi connectivity index (χ1) is 9.23. The van der Waals surface area contributed by atoms with E-state index in [-0.39, 0.29) is 6.04 Å². The smallest absolute Gasteiger partial charge is 0.131 e. The van der Waals surface area contributed by atoms with Gasteiger partial charge in [-0.15, -0.1) is 0 Å². The zero-order chi connectivity index (χ0) is 13.8. The van der Waals surface area contributed by atoms with Gasteiger partial charge in [-0.2, -0.15) is 0 Å². The second-order valence-electron chi connectivity index (χ2n) is 4.67. The molecule has 0 heterocycles. The molecule has 0 aromatic heterocycles. The first-order valence-corrected chi connectivity index (χ1v) is 6.49. The molecule has 2 rings (SSSR count). The van der Waals surface area contributed by atoms with Crippen LogP contribution < -0.4 is 25.3 Å². The Kier molecular flexibility index (Phi) is 4.50. The van der Waals surface area contributed by atoms with E-state index in [9.17, 15) is 0 Å². The first-order valence-electron chi connectivity index (χ1n) is 6.49. The van der Waals surface area contributed by atoms with Gasteiger partial charge in [0.15, 0.2) is 0 Å². The number of methoxy groups -OCH3 is 3. The number of benzene rings is 1. The molecule has 0 bridgehead atoms. The lowest BCUT2D eigenvalue weighted by molar-refractivity contribution is 0.357. The number of nitrogens with one attached hydrogen (secondary N) is 1. The number of nitrogens with two attached hydrogens (primary N) is 1. The summed E-state index contributed by atoms with van der Waals surface area (Å²) < 4.78 is 16.2. The molecule has 1 aliphatic rings. The van der Waals surface area contributed by atoms with Crippen molar-refractivity contribution in [2.75, 3.05) is 27.9 Å². The minimum Gasteiger partial charge on any atom is -0.496 e. The number of hydrogen-bond acceptors (Lipinski definition) is 5. The fourth-order valence-electron chi connectivity index (χ4n) is 2.18. The normalized spacial score (nSPS) is 16.0. The molecule has 1 aromatic rings. The van der Waals surface area contributed by atoms with E-state index in [1.54, 1.807) is 21.3 Å². The van der Waals surface area contributed by atoms with Crippen molar-refractivity contribution < 1.29 is 14.2 Å². The van der Waals surface area contributed by atoms with E-state index in [0.717, 1.165) is 17.1 Å². The summed E-state index contributed by atoms with van der Waals surface area (Å²) in [6, 6.07) is 4.30. The molecule has 106 valence electrons. The predicted octanol–water partition coefficient (Wildman–Crippen LogP) is 1.46. The molecule has 1 fully saturated rings. The van der Waals surface area contributed by atoms with Crippen LogP contribution in [0.2, 0.25) is 0 Å². The molecular weight excluding hydrogens is 244 g/mol. The van der Waals surface area contributed by atoms with E-state index in [1.807, 2.05) is 12.1 Å². The highest BCUT2D eigenvalue weighted by Gasteiger charge is 2.28. The molecule has 1 atom stereocenters. The Morgan fingerprint density at radius 3 is 2.11 bits per heavy atom. The summed E-state index contributed by atoms with van der Waals surface area (Å²) in [6.45, 7) is 0.496. The maximum Gasteiger partial charge on any atom is 0.131 e. The van der Waals surface area contributed by atoms with Crippen LogP contribution in [0.4, 0.5) is 0 Å². The van der Waals surface area contributed by atoms with Crippen molar-refractivity contribution in [2.24, 2.45) is 5.73 Å². The summed E-state index contributed by atoms with van der Waals surface area (Å²) in [4.78, 5) is 0. The van der Waals surface area contributed by atoms with Crippen LogP contribution in [0, 0.1) is 0 Å². The Labute approximate surface area is 114 Å². The molecule has 19 heavy (non-hydrogen) atoms. The zero-order valence-corrected chi connectivity index (χ0v) is 11.7.